The van der Waals surface area contributed by atoms with Gasteiger partial charge in [-0.2, -0.15) is 0 Å². The van der Waals surface area contributed by atoms with E-state index in [4.69, 9.17) is 15.9 Å². The Morgan fingerprint density at radius 3 is 2.00 bits per heavy atom. The molecule has 0 aliphatic carbocycles. The molecule has 6 N–H and O–H groups in total. The van der Waals surface area contributed by atoms with Crippen LogP contribution in [-0.4, -0.2) is 56.9 Å². The molecule has 0 saturated carbocycles. The SMILES string of the molecule is CC(=O)OC(=O)[C@@](N)(Cc1ccc(O)c(O)c1)C(C)=O.OCCO. The largest absolute Gasteiger partial charge is 0.504 e. The number of aromatic hydroxyl groups is 2. The Hall–Kier alpha value is -2.49. The van der Waals surface area contributed by atoms with Crippen LogP contribution >= 0.6 is 0 Å². The molecule has 0 radical (unpaired) electrons. The molecule has 0 aliphatic heterocycles. The predicted octanol–water partition coefficient (Wildman–Crippen LogP) is -1.01. The molecule has 0 bridgehead atoms. The quantitative estimate of drug-likeness (QED) is 0.255. The van der Waals surface area contributed by atoms with Gasteiger partial charge in [-0.05, 0) is 24.6 Å². The molecule has 0 aromatic heterocycles. The number of aliphatic hydroxyl groups excluding tert-OH is 2. The van der Waals surface area contributed by atoms with Crippen molar-refractivity contribution in [3.05, 3.63) is 23.8 Å². The minimum Gasteiger partial charge on any atom is -0.504 e. The molecule has 1 rings (SSSR count). The molecule has 24 heavy (non-hydrogen) atoms. The van der Waals surface area contributed by atoms with E-state index in [1.807, 2.05) is 0 Å². The summed E-state index contributed by atoms with van der Waals surface area (Å²) in [6, 6.07) is 3.75. The van der Waals surface area contributed by atoms with Gasteiger partial charge in [-0.25, -0.2) is 4.79 Å². The van der Waals surface area contributed by atoms with E-state index in [9.17, 15) is 24.6 Å². The Balaban J connectivity index is 0.00000118. The first-order chi connectivity index (χ1) is 11.1. The van der Waals surface area contributed by atoms with Crippen molar-refractivity contribution in [1.29, 1.82) is 0 Å². The number of hydrogen-bond acceptors (Lipinski definition) is 9. The fraction of sp³-hybridized carbons (Fsp3) is 0.400. The average Bonchev–Trinajstić information content (AvgIpc) is 2.50. The third-order valence-corrected chi connectivity index (χ3v) is 2.85. The van der Waals surface area contributed by atoms with Crippen molar-refractivity contribution in [2.45, 2.75) is 25.8 Å². The Morgan fingerprint density at radius 2 is 1.62 bits per heavy atom. The van der Waals surface area contributed by atoms with E-state index in [-0.39, 0.29) is 25.4 Å². The van der Waals surface area contributed by atoms with E-state index in [2.05, 4.69) is 4.74 Å². The molecule has 0 heterocycles. The first kappa shape index (κ1) is 21.5. The second kappa shape index (κ2) is 9.60. The fourth-order valence-corrected chi connectivity index (χ4v) is 1.56. The fourth-order valence-electron chi connectivity index (χ4n) is 1.56. The van der Waals surface area contributed by atoms with Crippen LogP contribution in [0.2, 0.25) is 0 Å². The number of carbonyl (C=O) groups excluding carboxylic acids is 3. The van der Waals surface area contributed by atoms with Crippen molar-refractivity contribution in [3.8, 4) is 11.5 Å². The molecule has 0 fully saturated rings. The van der Waals surface area contributed by atoms with Gasteiger partial charge in [0, 0.05) is 13.3 Å². The molecule has 0 spiro atoms. The first-order valence-electron chi connectivity index (χ1n) is 6.83. The summed E-state index contributed by atoms with van der Waals surface area (Å²) in [5.74, 6) is -3.47. The third-order valence-electron chi connectivity index (χ3n) is 2.85. The second-order valence-corrected chi connectivity index (χ2v) is 4.86. The lowest BCUT2D eigenvalue weighted by Gasteiger charge is -2.23. The Bertz CT molecular complexity index is 599. The summed E-state index contributed by atoms with van der Waals surface area (Å²) in [5.41, 5.74) is 4.03. The van der Waals surface area contributed by atoms with Crippen molar-refractivity contribution in [2.24, 2.45) is 5.73 Å². The topological polar surface area (TPSA) is 167 Å². The van der Waals surface area contributed by atoms with Gasteiger partial charge in [-0.15, -0.1) is 0 Å². The van der Waals surface area contributed by atoms with Gasteiger partial charge in [0.1, 0.15) is 0 Å². The van der Waals surface area contributed by atoms with E-state index in [1.54, 1.807) is 0 Å². The number of phenols is 2. The van der Waals surface area contributed by atoms with E-state index < -0.39 is 29.0 Å². The highest BCUT2D eigenvalue weighted by Crippen LogP contribution is 2.27. The molecular formula is C15H21NO8. The molecule has 0 unspecified atom stereocenters. The summed E-state index contributed by atoms with van der Waals surface area (Å²) in [6.45, 7) is 1.87. The van der Waals surface area contributed by atoms with Crippen LogP contribution in [0.1, 0.15) is 19.4 Å². The van der Waals surface area contributed by atoms with Crippen LogP contribution in [0.5, 0.6) is 11.5 Å². The normalized spacial score (nSPS) is 12.4. The lowest BCUT2D eigenvalue weighted by atomic mass is 9.88. The number of hydrogen-bond donors (Lipinski definition) is 5. The minimum atomic E-state index is -2.03. The van der Waals surface area contributed by atoms with Gasteiger partial charge in [0.05, 0.1) is 13.2 Å². The van der Waals surface area contributed by atoms with E-state index in [0.717, 1.165) is 13.8 Å². The van der Waals surface area contributed by atoms with Crippen molar-refractivity contribution in [3.63, 3.8) is 0 Å². The Kier molecular flexibility index (Phi) is 8.61. The smallest absolute Gasteiger partial charge is 0.341 e. The lowest BCUT2D eigenvalue weighted by Crippen LogP contribution is -2.56. The van der Waals surface area contributed by atoms with Crippen LogP contribution < -0.4 is 5.73 Å². The number of Topliss-reactive ketones (excluding diaryl/α,β-unsaturated/α-hetero) is 1. The maximum atomic E-state index is 11.8. The summed E-state index contributed by atoms with van der Waals surface area (Å²) in [6.07, 6.45) is -0.276. The zero-order valence-electron chi connectivity index (χ0n) is 13.4. The van der Waals surface area contributed by atoms with Crippen LogP contribution in [-0.2, 0) is 25.5 Å². The highest BCUT2D eigenvalue weighted by atomic mass is 16.6. The molecule has 0 saturated heterocycles. The maximum Gasteiger partial charge on any atom is 0.341 e. The van der Waals surface area contributed by atoms with Crippen LogP contribution in [0.15, 0.2) is 18.2 Å². The summed E-state index contributed by atoms with van der Waals surface area (Å²) in [4.78, 5) is 34.2. The number of rotatable bonds is 5. The minimum absolute atomic E-state index is 0.125. The van der Waals surface area contributed by atoms with E-state index in [0.29, 0.717) is 5.56 Å². The molecule has 1 aromatic rings. The van der Waals surface area contributed by atoms with Crippen molar-refractivity contribution in [1.82, 2.24) is 0 Å². The van der Waals surface area contributed by atoms with Gasteiger partial charge >= 0.3 is 11.9 Å². The van der Waals surface area contributed by atoms with Gasteiger partial charge in [0.15, 0.2) is 22.8 Å². The second-order valence-electron chi connectivity index (χ2n) is 4.86. The molecule has 1 aromatic carbocycles. The molecule has 0 amide bonds. The molecule has 9 heteroatoms. The number of phenolic OH excluding ortho intramolecular Hbond substituents is 2. The van der Waals surface area contributed by atoms with Crippen LogP contribution in [0.25, 0.3) is 0 Å². The zero-order chi connectivity index (χ0) is 18.9. The summed E-state index contributed by atoms with van der Waals surface area (Å²) in [7, 11) is 0. The molecule has 134 valence electrons. The van der Waals surface area contributed by atoms with Gasteiger partial charge < -0.3 is 30.9 Å². The molecule has 1 atom stereocenters. The van der Waals surface area contributed by atoms with Gasteiger partial charge in [-0.3, -0.25) is 9.59 Å². The third kappa shape index (κ3) is 6.32. The number of esters is 2. The summed E-state index contributed by atoms with van der Waals surface area (Å²) in [5, 5.41) is 33.8. The summed E-state index contributed by atoms with van der Waals surface area (Å²) < 4.78 is 4.37. The van der Waals surface area contributed by atoms with Crippen LogP contribution in [0.4, 0.5) is 0 Å². The van der Waals surface area contributed by atoms with Crippen molar-refractivity contribution >= 4 is 17.7 Å². The zero-order valence-corrected chi connectivity index (χ0v) is 13.4. The highest BCUT2D eigenvalue weighted by Gasteiger charge is 2.42. The number of carbonyl (C=O) groups is 3. The Labute approximate surface area is 138 Å². The highest BCUT2D eigenvalue weighted by molar-refractivity contribution is 6.09. The standard InChI is InChI=1S/C13H15NO6.C2H6O2/c1-7(15)13(14,12(19)20-8(2)16)6-9-3-4-10(17)11(18)5-9;3-1-2-4/h3-5,17-18H,6,14H2,1-2H3;3-4H,1-2H2/t13-;/m1./s1. The van der Waals surface area contributed by atoms with Gasteiger partial charge in [0.2, 0.25) is 0 Å². The number of benzene rings is 1. The molecule has 9 nitrogen and oxygen atoms in total. The lowest BCUT2D eigenvalue weighted by molar-refractivity contribution is -0.163. The molecular weight excluding hydrogens is 322 g/mol. The van der Waals surface area contributed by atoms with Gasteiger partial charge in [0.25, 0.3) is 0 Å². The maximum absolute atomic E-state index is 11.8. The predicted molar refractivity (Wildman–Crippen MR) is 82.0 cm³/mol. The van der Waals surface area contributed by atoms with Crippen LogP contribution in [0, 0.1) is 0 Å². The Morgan fingerprint density at radius 1 is 1.08 bits per heavy atom. The van der Waals surface area contributed by atoms with E-state index >= 15 is 0 Å². The van der Waals surface area contributed by atoms with Crippen LogP contribution in [0.3, 0.4) is 0 Å². The molecule has 0 aliphatic rings. The number of ketones is 1. The summed E-state index contributed by atoms with van der Waals surface area (Å²) >= 11 is 0. The number of nitrogens with two attached hydrogens (primary N) is 1. The van der Waals surface area contributed by atoms with Crippen molar-refractivity contribution < 1.29 is 39.5 Å². The number of aliphatic hydroxyl groups is 2. The van der Waals surface area contributed by atoms with Crippen molar-refractivity contribution in [2.75, 3.05) is 13.2 Å². The first-order valence-corrected chi connectivity index (χ1v) is 6.83. The van der Waals surface area contributed by atoms with E-state index in [1.165, 1.54) is 18.2 Å². The average molecular weight is 343 g/mol. The van der Waals surface area contributed by atoms with Gasteiger partial charge in [-0.1, -0.05) is 6.07 Å². The number of ether oxygens (including phenoxy) is 1. The monoisotopic (exact) mass is 343 g/mol.